The minimum atomic E-state index is -0.492. The molecule has 19 heavy (non-hydrogen) atoms. The summed E-state index contributed by atoms with van der Waals surface area (Å²) in [6.07, 6.45) is 0.758. The molecule has 1 heterocycles. The summed E-state index contributed by atoms with van der Waals surface area (Å²) in [5.41, 5.74) is 0.271. The molecule has 1 aromatic heterocycles. The first kappa shape index (κ1) is 15.6. The Labute approximate surface area is 116 Å². The van der Waals surface area contributed by atoms with Crippen molar-refractivity contribution in [1.82, 2.24) is 9.88 Å². The number of carbonyl (C=O) groups excluding carboxylic acids is 2. The lowest BCUT2D eigenvalue weighted by molar-refractivity contribution is 0.0526. The van der Waals surface area contributed by atoms with Gasteiger partial charge in [-0.1, -0.05) is 0 Å². The first-order valence-corrected chi connectivity index (χ1v) is 6.85. The van der Waals surface area contributed by atoms with E-state index < -0.39 is 5.97 Å². The second kappa shape index (κ2) is 7.85. The molecular formula is C12H18N2O4S. The van der Waals surface area contributed by atoms with Gasteiger partial charge in [0.15, 0.2) is 0 Å². The van der Waals surface area contributed by atoms with E-state index in [-0.39, 0.29) is 16.6 Å². The molecule has 106 valence electrons. The van der Waals surface area contributed by atoms with Gasteiger partial charge in [0, 0.05) is 32.7 Å². The number of hydrogen-bond acceptors (Lipinski definition) is 6. The number of thiazole rings is 1. The first-order chi connectivity index (χ1) is 9.10. The van der Waals surface area contributed by atoms with Gasteiger partial charge < -0.3 is 14.4 Å². The molecule has 0 aromatic carbocycles. The van der Waals surface area contributed by atoms with Crippen LogP contribution in [0.1, 0.15) is 33.6 Å². The zero-order valence-electron chi connectivity index (χ0n) is 11.3. The van der Waals surface area contributed by atoms with E-state index in [0.717, 1.165) is 17.8 Å². The number of rotatable bonds is 7. The monoisotopic (exact) mass is 286 g/mol. The highest BCUT2D eigenvalue weighted by Crippen LogP contribution is 2.12. The third-order valence-corrected chi connectivity index (χ3v) is 3.18. The molecule has 0 saturated heterocycles. The highest BCUT2D eigenvalue weighted by Gasteiger charge is 2.18. The molecule has 0 radical (unpaired) electrons. The molecule has 0 atom stereocenters. The van der Waals surface area contributed by atoms with Crippen molar-refractivity contribution in [2.75, 3.05) is 33.9 Å². The Morgan fingerprint density at radius 2 is 2.21 bits per heavy atom. The van der Waals surface area contributed by atoms with E-state index in [9.17, 15) is 9.59 Å². The molecule has 1 aromatic rings. The third kappa shape index (κ3) is 4.60. The van der Waals surface area contributed by atoms with Crippen LogP contribution >= 0.6 is 11.3 Å². The lowest BCUT2D eigenvalue weighted by atomic mass is 10.3. The number of methoxy groups -OCH3 is 1. The molecule has 6 nitrogen and oxygen atoms in total. The summed E-state index contributed by atoms with van der Waals surface area (Å²) in [6.45, 7) is 3.20. The largest absolute Gasteiger partial charge is 0.461 e. The second-order valence-corrected chi connectivity index (χ2v) is 4.69. The van der Waals surface area contributed by atoms with Gasteiger partial charge in [0.05, 0.1) is 6.61 Å². The quantitative estimate of drug-likeness (QED) is 0.560. The van der Waals surface area contributed by atoms with E-state index in [1.807, 2.05) is 0 Å². The number of aromatic nitrogens is 1. The van der Waals surface area contributed by atoms with Crippen LogP contribution in [-0.4, -0.2) is 55.7 Å². The summed E-state index contributed by atoms with van der Waals surface area (Å²) in [6, 6.07) is 0. The Kier molecular flexibility index (Phi) is 6.44. The van der Waals surface area contributed by atoms with Crippen molar-refractivity contribution in [3.05, 3.63) is 16.1 Å². The SMILES string of the molecule is CCOC(=O)c1nc(C(=O)N(C)CCCOC)cs1. The molecule has 7 heteroatoms. The summed E-state index contributed by atoms with van der Waals surface area (Å²) >= 11 is 1.11. The van der Waals surface area contributed by atoms with E-state index in [1.165, 1.54) is 0 Å². The average molecular weight is 286 g/mol. The van der Waals surface area contributed by atoms with Crippen molar-refractivity contribution < 1.29 is 19.1 Å². The van der Waals surface area contributed by atoms with Gasteiger partial charge in [-0.05, 0) is 13.3 Å². The van der Waals surface area contributed by atoms with Gasteiger partial charge in [0.25, 0.3) is 5.91 Å². The Hall–Kier alpha value is -1.47. The Morgan fingerprint density at radius 1 is 1.47 bits per heavy atom. The summed E-state index contributed by atoms with van der Waals surface area (Å²) in [5.74, 6) is -0.698. The highest BCUT2D eigenvalue weighted by atomic mass is 32.1. The molecule has 0 aliphatic carbocycles. The molecule has 1 rings (SSSR count). The highest BCUT2D eigenvalue weighted by molar-refractivity contribution is 7.11. The number of carbonyl (C=O) groups is 2. The predicted octanol–water partition coefficient (Wildman–Crippen LogP) is 1.43. The van der Waals surface area contributed by atoms with Gasteiger partial charge in [-0.2, -0.15) is 0 Å². The predicted molar refractivity (Wildman–Crippen MR) is 71.5 cm³/mol. The van der Waals surface area contributed by atoms with Crippen LogP contribution in [0.25, 0.3) is 0 Å². The zero-order chi connectivity index (χ0) is 14.3. The fourth-order valence-electron chi connectivity index (χ4n) is 1.40. The number of ether oxygens (including phenoxy) is 2. The molecule has 0 bridgehead atoms. The van der Waals surface area contributed by atoms with E-state index in [0.29, 0.717) is 19.8 Å². The smallest absolute Gasteiger partial charge is 0.367 e. The molecule has 0 spiro atoms. The molecule has 0 unspecified atom stereocenters. The topological polar surface area (TPSA) is 68.7 Å². The molecular weight excluding hydrogens is 268 g/mol. The van der Waals surface area contributed by atoms with Gasteiger partial charge >= 0.3 is 5.97 Å². The Bertz CT molecular complexity index is 433. The van der Waals surface area contributed by atoms with Crippen molar-refractivity contribution >= 4 is 23.2 Å². The van der Waals surface area contributed by atoms with Crippen LogP contribution in [0.3, 0.4) is 0 Å². The normalized spacial score (nSPS) is 10.3. The Morgan fingerprint density at radius 3 is 2.84 bits per heavy atom. The van der Waals surface area contributed by atoms with E-state index in [2.05, 4.69) is 4.98 Å². The van der Waals surface area contributed by atoms with Crippen molar-refractivity contribution in [3.63, 3.8) is 0 Å². The van der Waals surface area contributed by atoms with E-state index in [1.54, 1.807) is 31.4 Å². The maximum absolute atomic E-state index is 12.0. The second-order valence-electron chi connectivity index (χ2n) is 3.83. The van der Waals surface area contributed by atoms with Gasteiger partial charge in [-0.25, -0.2) is 9.78 Å². The van der Waals surface area contributed by atoms with Crippen molar-refractivity contribution in [2.45, 2.75) is 13.3 Å². The van der Waals surface area contributed by atoms with E-state index in [4.69, 9.17) is 9.47 Å². The Balaban J connectivity index is 2.60. The van der Waals surface area contributed by atoms with Crippen LogP contribution in [0.4, 0.5) is 0 Å². The van der Waals surface area contributed by atoms with Crippen LogP contribution in [0.2, 0.25) is 0 Å². The first-order valence-electron chi connectivity index (χ1n) is 5.97. The van der Waals surface area contributed by atoms with Crippen LogP contribution in [0, 0.1) is 0 Å². The molecule has 0 fully saturated rings. The third-order valence-electron chi connectivity index (χ3n) is 2.36. The van der Waals surface area contributed by atoms with Gasteiger partial charge in [-0.15, -0.1) is 11.3 Å². The average Bonchev–Trinajstić information content (AvgIpc) is 2.88. The number of nitrogens with zero attached hydrogens (tertiary/aromatic N) is 2. The van der Waals surface area contributed by atoms with Crippen molar-refractivity contribution in [3.8, 4) is 0 Å². The number of amides is 1. The maximum Gasteiger partial charge on any atom is 0.367 e. The van der Waals surface area contributed by atoms with E-state index >= 15 is 0 Å². The summed E-state index contributed by atoms with van der Waals surface area (Å²) in [5, 5.41) is 1.77. The zero-order valence-corrected chi connectivity index (χ0v) is 12.2. The molecule has 1 amide bonds. The molecule has 0 saturated carbocycles. The fourth-order valence-corrected chi connectivity index (χ4v) is 2.08. The van der Waals surface area contributed by atoms with Crippen molar-refractivity contribution in [2.24, 2.45) is 0 Å². The summed E-state index contributed by atoms with van der Waals surface area (Å²) < 4.78 is 9.76. The van der Waals surface area contributed by atoms with Gasteiger partial charge in [0.2, 0.25) is 5.01 Å². The molecule has 0 aliphatic heterocycles. The van der Waals surface area contributed by atoms with Crippen LogP contribution in [-0.2, 0) is 9.47 Å². The minimum Gasteiger partial charge on any atom is -0.461 e. The molecule has 0 aliphatic rings. The number of esters is 1. The standard InChI is InChI=1S/C12H18N2O4S/c1-4-18-12(16)10-13-9(8-19-10)11(15)14(2)6-5-7-17-3/h8H,4-7H2,1-3H3. The fraction of sp³-hybridized carbons (Fsp3) is 0.583. The lowest BCUT2D eigenvalue weighted by Gasteiger charge is -2.15. The lowest BCUT2D eigenvalue weighted by Crippen LogP contribution is -2.28. The number of hydrogen-bond donors (Lipinski definition) is 0. The summed E-state index contributed by atoms with van der Waals surface area (Å²) in [4.78, 5) is 29.0. The van der Waals surface area contributed by atoms with Crippen LogP contribution in [0.15, 0.2) is 5.38 Å². The van der Waals surface area contributed by atoms with Crippen LogP contribution in [0.5, 0.6) is 0 Å². The van der Waals surface area contributed by atoms with Crippen molar-refractivity contribution in [1.29, 1.82) is 0 Å². The maximum atomic E-state index is 12.0. The summed E-state index contributed by atoms with van der Waals surface area (Å²) in [7, 11) is 3.31. The van der Waals surface area contributed by atoms with Gasteiger partial charge in [0.1, 0.15) is 5.69 Å². The molecule has 0 N–H and O–H groups in total. The van der Waals surface area contributed by atoms with Gasteiger partial charge in [-0.3, -0.25) is 4.79 Å². The minimum absolute atomic E-state index is 0.204. The van der Waals surface area contributed by atoms with Crippen LogP contribution < -0.4 is 0 Å².